The molecular formula is C13H22N4O2S. The number of piperazine rings is 1. The van der Waals surface area contributed by atoms with E-state index in [1.165, 1.54) is 0 Å². The molecule has 0 radical (unpaired) electrons. The summed E-state index contributed by atoms with van der Waals surface area (Å²) in [5.41, 5.74) is 7.47. The minimum atomic E-state index is -3.10. The standard InChI is InChI=1S/C13H22N4O2S/c1-2-3-10-20(18,19)17-8-6-16(7-9-17)13-4-5-15-11-12(13)14/h4-5,11H,2-3,6-10,14H2,1H3. The summed E-state index contributed by atoms with van der Waals surface area (Å²) in [6, 6.07) is 1.87. The quantitative estimate of drug-likeness (QED) is 0.874. The lowest BCUT2D eigenvalue weighted by Gasteiger charge is -2.35. The summed E-state index contributed by atoms with van der Waals surface area (Å²) in [7, 11) is -3.10. The number of hydrogen-bond acceptors (Lipinski definition) is 5. The third kappa shape index (κ3) is 3.40. The third-order valence-corrected chi connectivity index (χ3v) is 5.51. The molecule has 1 saturated heterocycles. The fourth-order valence-electron chi connectivity index (χ4n) is 2.35. The molecule has 0 spiro atoms. The maximum atomic E-state index is 12.1. The Morgan fingerprint density at radius 3 is 2.60 bits per heavy atom. The SMILES string of the molecule is CCCCS(=O)(=O)N1CCN(c2ccncc2N)CC1. The first-order valence-corrected chi connectivity index (χ1v) is 8.58. The largest absolute Gasteiger partial charge is 0.396 e. The van der Waals surface area contributed by atoms with Crippen LogP contribution in [0, 0.1) is 0 Å². The lowest BCUT2D eigenvalue weighted by Crippen LogP contribution is -2.49. The first kappa shape index (κ1) is 15.1. The van der Waals surface area contributed by atoms with Gasteiger partial charge in [-0.1, -0.05) is 13.3 Å². The molecule has 1 fully saturated rings. The van der Waals surface area contributed by atoms with Crippen molar-refractivity contribution < 1.29 is 8.42 Å². The van der Waals surface area contributed by atoms with Gasteiger partial charge >= 0.3 is 0 Å². The van der Waals surface area contributed by atoms with Gasteiger partial charge in [-0.05, 0) is 12.5 Å². The van der Waals surface area contributed by atoms with E-state index in [1.54, 1.807) is 16.7 Å². The minimum absolute atomic E-state index is 0.251. The number of rotatable bonds is 5. The average Bonchev–Trinajstić information content (AvgIpc) is 2.46. The third-order valence-electron chi connectivity index (χ3n) is 3.56. The summed E-state index contributed by atoms with van der Waals surface area (Å²) >= 11 is 0. The second-order valence-electron chi connectivity index (χ2n) is 4.99. The van der Waals surface area contributed by atoms with Gasteiger partial charge in [0.25, 0.3) is 0 Å². The molecular weight excluding hydrogens is 276 g/mol. The molecule has 1 aliphatic rings. The number of nitrogens with zero attached hydrogens (tertiary/aromatic N) is 3. The highest BCUT2D eigenvalue weighted by Gasteiger charge is 2.26. The molecule has 0 unspecified atom stereocenters. The van der Waals surface area contributed by atoms with E-state index in [0.29, 0.717) is 31.9 Å². The van der Waals surface area contributed by atoms with Crippen molar-refractivity contribution in [2.45, 2.75) is 19.8 Å². The van der Waals surface area contributed by atoms with Gasteiger partial charge in [0.15, 0.2) is 0 Å². The molecule has 1 aromatic rings. The molecule has 7 heteroatoms. The van der Waals surface area contributed by atoms with Gasteiger partial charge in [-0.2, -0.15) is 4.31 Å². The van der Waals surface area contributed by atoms with Crippen molar-refractivity contribution in [1.29, 1.82) is 0 Å². The zero-order chi connectivity index (χ0) is 14.6. The van der Waals surface area contributed by atoms with Crippen LogP contribution < -0.4 is 10.6 Å². The highest BCUT2D eigenvalue weighted by molar-refractivity contribution is 7.89. The Labute approximate surface area is 120 Å². The molecule has 6 nitrogen and oxygen atoms in total. The minimum Gasteiger partial charge on any atom is -0.396 e. The van der Waals surface area contributed by atoms with Crippen LogP contribution >= 0.6 is 0 Å². The number of hydrogen-bond donors (Lipinski definition) is 1. The molecule has 112 valence electrons. The number of nitrogens with two attached hydrogens (primary N) is 1. The highest BCUT2D eigenvalue weighted by Crippen LogP contribution is 2.23. The number of unbranched alkanes of at least 4 members (excludes halogenated alkanes) is 1. The first-order chi connectivity index (χ1) is 9.54. The second-order valence-corrected chi connectivity index (χ2v) is 7.08. The Morgan fingerprint density at radius 2 is 2.00 bits per heavy atom. The average molecular weight is 298 g/mol. The van der Waals surface area contributed by atoms with E-state index in [-0.39, 0.29) is 5.75 Å². The van der Waals surface area contributed by atoms with Gasteiger partial charge < -0.3 is 10.6 Å². The lowest BCUT2D eigenvalue weighted by atomic mass is 10.2. The summed E-state index contributed by atoms with van der Waals surface area (Å²) in [6.07, 6.45) is 4.95. The van der Waals surface area contributed by atoms with Crippen LogP contribution in [0.1, 0.15) is 19.8 Å². The van der Waals surface area contributed by atoms with Crippen LogP contribution in [0.15, 0.2) is 18.5 Å². The van der Waals surface area contributed by atoms with Crippen LogP contribution in [0.25, 0.3) is 0 Å². The Balaban J connectivity index is 1.98. The Kier molecular flexibility index (Phi) is 4.82. The second kappa shape index (κ2) is 6.41. The van der Waals surface area contributed by atoms with Crippen LogP contribution in [0.4, 0.5) is 11.4 Å². The van der Waals surface area contributed by atoms with Crippen LogP contribution in [0.3, 0.4) is 0 Å². The number of anilines is 2. The van der Waals surface area contributed by atoms with Gasteiger partial charge in [0, 0.05) is 32.4 Å². The molecule has 0 amide bonds. The molecule has 0 atom stereocenters. The van der Waals surface area contributed by atoms with Crippen molar-refractivity contribution in [2.75, 3.05) is 42.6 Å². The van der Waals surface area contributed by atoms with E-state index in [0.717, 1.165) is 18.5 Å². The van der Waals surface area contributed by atoms with Gasteiger partial charge in [-0.25, -0.2) is 8.42 Å². The topological polar surface area (TPSA) is 79.5 Å². The van der Waals surface area contributed by atoms with Gasteiger partial charge in [-0.3, -0.25) is 4.98 Å². The van der Waals surface area contributed by atoms with E-state index in [4.69, 9.17) is 5.73 Å². The van der Waals surface area contributed by atoms with Crippen molar-refractivity contribution in [3.8, 4) is 0 Å². The van der Waals surface area contributed by atoms with Crippen molar-refractivity contribution in [2.24, 2.45) is 0 Å². The monoisotopic (exact) mass is 298 g/mol. The normalized spacial score (nSPS) is 17.4. The van der Waals surface area contributed by atoms with Gasteiger partial charge in [0.2, 0.25) is 10.0 Å². The van der Waals surface area contributed by atoms with E-state index < -0.39 is 10.0 Å². The zero-order valence-electron chi connectivity index (χ0n) is 11.8. The van der Waals surface area contributed by atoms with Crippen LogP contribution in [-0.2, 0) is 10.0 Å². The Bertz CT molecular complexity index is 539. The smallest absolute Gasteiger partial charge is 0.214 e. The van der Waals surface area contributed by atoms with Gasteiger partial charge in [0.05, 0.1) is 23.3 Å². The zero-order valence-corrected chi connectivity index (χ0v) is 12.6. The molecule has 2 rings (SSSR count). The molecule has 20 heavy (non-hydrogen) atoms. The molecule has 2 N–H and O–H groups in total. The molecule has 2 heterocycles. The molecule has 0 aromatic carbocycles. The van der Waals surface area contributed by atoms with E-state index in [9.17, 15) is 8.42 Å². The van der Waals surface area contributed by atoms with Gasteiger partial charge in [-0.15, -0.1) is 0 Å². The van der Waals surface area contributed by atoms with Crippen LogP contribution in [0.2, 0.25) is 0 Å². The predicted molar refractivity (Wildman–Crippen MR) is 81.1 cm³/mol. The molecule has 1 aromatic heterocycles. The van der Waals surface area contributed by atoms with Crippen molar-refractivity contribution >= 4 is 21.4 Å². The number of sulfonamides is 1. The van der Waals surface area contributed by atoms with E-state index in [1.807, 2.05) is 13.0 Å². The van der Waals surface area contributed by atoms with Crippen LogP contribution in [-0.4, -0.2) is 49.6 Å². The maximum Gasteiger partial charge on any atom is 0.214 e. The van der Waals surface area contributed by atoms with Crippen molar-refractivity contribution in [1.82, 2.24) is 9.29 Å². The van der Waals surface area contributed by atoms with Crippen LogP contribution in [0.5, 0.6) is 0 Å². The number of aromatic nitrogens is 1. The lowest BCUT2D eigenvalue weighted by molar-refractivity contribution is 0.384. The van der Waals surface area contributed by atoms with Crippen molar-refractivity contribution in [3.63, 3.8) is 0 Å². The highest BCUT2D eigenvalue weighted by atomic mass is 32.2. The predicted octanol–water partition coefficient (Wildman–Crippen LogP) is 0.916. The summed E-state index contributed by atoms with van der Waals surface area (Å²) in [5.74, 6) is 0.251. The molecule has 0 aliphatic carbocycles. The fourth-order valence-corrected chi connectivity index (χ4v) is 3.98. The fraction of sp³-hybridized carbons (Fsp3) is 0.615. The maximum absolute atomic E-state index is 12.1. The molecule has 1 aliphatic heterocycles. The Hall–Kier alpha value is -1.34. The summed E-state index contributed by atoms with van der Waals surface area (Å²) in [4.78, 5) is 6.08. The van der Waals surface area contributed by atoms with E-state index in [2.05, 4.69) is 9.88 Å². The van der Waals surface area contributed by atoms with Crippen molar-refractivity contribution in [3.05, 3.63) is 18.5 Å². The summed E-state index contributed by atoms with van der Waals surface area (Å²) in [6.45, 7) is 4.38. The summed E-state index contributed by atoms with van der Waals surface area (Å²) < 4.78 is 25.8. The Morgan fingerprint density at radius 1 is 1.30 bits per heavy atom. The molecule has 0 bridgehead atoms. The first-order valence-electron chi connectivity index (χ1n) is 6.97. The van der Waals surface area contributed by atoms with E-state index >= 15 is 0 Å². The molecule has 0 saturated carbocycles. The summed E-state index contributed by atoms with van der Waals surface area (Å²) in [5, 5.41) is 0. The number of pyridine rings is 1. The van der Waals surface area contributed by atoms with Gasteiger partial charge in [0.1, 0.15) is 0 Å². The number of nitrogen functional groups attached to an aromatic ring is 1.